The van der Waals surface area contributed by atoms with E-state index in [1.807, 2.05) is 0 Å². The number of piperidine rings is 1. The van der Waals surface area contributed by atoms with E-state index in [9.17, 15) is 0 Å². The van der Waals surface area contributed by atoms with Crippen LogP contribution in [0.3, 0.4) is 0 Å². The fourth-order valence-corrected chi connectivity index (χ4v) is 2.90. The lowest BCUT2D eigenvalue weighted by molar-refractivity contribution is 0.181. The lowest BCUT2D eigenvalue weighted by Crippen LogP contribution is -2.31. The monoisotopic (exact) mass is 390 g/mol. The van der Waals surface area contributed by atoms with Crippen LogP contribution in [0.2, 0.25) is 0 Å². The number of hydrogen-bond donors (Lipinski definition) is 1. The quantitative estimate of drug-likeness (QED) is 0.757. The molecule has 0 bridgehead atoms. The predicted octanol–water partition coefficient (Wildman–Crippen LogP) is 3.04. The highest BCUT2D eigenvalue weighted by molar-refractivity contribution is 14.1. The summed E-state index contributed by atoms with van der Waals surface area (Å²) in [5, 5.41) is 3.40. The molecule has 1 aliphatic rings. The van der Waals surface area contributed by atoms with E-state index >= 15 is 0 Å². The molecule has 1 aromatic heterocycles. The van der Waals surface area contributed by atoms with Crippen LogP contribution in [-0.4, -0.2) is 36.7 Å². The summed E-state index contributed by atoms with van der Waals surface area (Å²) in [7, 11) is 1.71. The number of nitrogens with one attached hydrogen (secondary N) is 1. The van der Waals surface area contributed by atoms with Crippen LogP contribution >= 0.6 is 22.6 Å². The van der Waals surface area contributed by atoms with Crippen molar-refractivity contribution in [2.75, 3.05) is 37.0 Å². The summed E-state index contributed by atoms with van der Waals surface area (Å²) >= 11 is 2.31. The number of nitrogens with zero attached hydrogens (tertiary/aromatic N) is 3. The van der Waals surface area contributed by atoms with Crippen molar-refractivity contribution in [1.82, 2.24) is 9.97 Å². The lowest BCUT2D eigenvalue weighted by atomic mass is 10.1. The van der Waals surface area contributed by atoms with Crippen LogP contribution in [0.25, 0.3) is 0 Å². The molecule has 0 saturated carbocycles. The van der Waals surface area contributed by atoms with Gasteiger partial charge < -0.3 is 15.0 Å². The van der Waals surface area contributed by atoms with E-state index in [0.717, 1.165) is 47.1 Å². The Hall–Kier alpha value is -0.630. The number of halogens is 1. The minimum absolute atomic E-state index is 0.530. The first-order chi connectivity index (χ1) is 9.76. The molecule has 1 saturated heterocycles. The molecule has 2 heterocycles. The summed E-state index contributed by atoms with van der Waals surface area (Å²) in [4.78, 5) is 11.7. The van der Waals surface area contributed by atoms with Gasteiger partial charge in [-0.2, -0.15) is 4.98 Å². The van der Waals surface area contributed by atoms with Crippen molar-refractivity contribution in [3.8, 4) is 0 Å². The fraction of sp³-hybridized carbons (Fsp3) is 0.714. The number of hydrogen-bond acceptors (Lipinski definition) is 5. The van der Waals surface area contributed by atoms with E-state index < -0.39 is 0 Å². The average molecular weight is 390 g/mol. The summed E-state index contributed by atoms with van der Waals surface area (Å²) in [6, 6.07) is 0. The molecule has 0 amide bonds. The lowest BCUT2D eigenvalue weighted by Gasteiger charge is -2.27. The Morgan fingerprint density at radius 3 is 2.65 bits per heavy atom. The highest BCUT2D eigenvalue weighted by Crippen LogP contribution is 2.24. The smallest absolute Gasteiger partial charge is 0.227 e. The number of rotatable bonds is 6. The summed E-state index contributed by atoms with van der Waals surface area (Å²) in [6.45, 7) is 5.73. The average Bonchev–Trinajstić information content (AvgIpc) is 2.49. The maximum atomic E-state index is 5.27. The van der Waals surface area contributed by atoms with Crippen LogP contribution in [0.15, 0.2) is 0 Å². The van der Waals surface area contributed by atoms with Crippen molar-refractivity contribution in [3.05, 3.63) is 9.26 Å². The van der Waals surface area contributed by atoms with Crippen molar-refractivity contribution < 1.29 is 4.74 Å². The second kappa shape index (κ2) is 7.97. The molecule has 20 heavy (non-hydrogen) atoms. The van der Waals surface area contributed by atoms with Crippen LogP contribution in [0.4, 0.5) is 11.8 Å². The van der Waals surface area contributed by atoms with Gasteiger partial charge in [0.25, 0.3) is 0 Å². The van der Waals surface area contributed by atoms with E-state index in [-0.39, 0.29) is 0 Å². The molecule has 0 radical (unpaired) electrons. The summed E-state index contributed by atoms with van der Waals surface area (Å²) < 4.78 is 6.34. The van der Waals surface area contributed by atoms with Gasteiger partial charge in [-0.25, -0.2) is 4.98 Å². The Labute approximate surface area is 134 Å². The number of anilines is 2. The Morgan fingerprint density at radius 1 is 1.25 bits per heavy atom. The number of ether oxygens (including phenoxy) is 1. The van der Waals surface area contributed by atoms with Gasteiger partial charge in [0.2, 0.25) is 5.95 Å². The SMILES string of the molecule is CCCNc1nc(N2CCCCC2)nc(COC)c1I. The molecule has 1 N–H and O–H groups in total. The Kier molecular flexibility index (Phi) is 6.28. The second-order valence-corrected chi connectivity index (χ2v) is 6.12. The molecule has 112 valence electrons. The largest absolute Gasteiger partial charge is 0.378 e. The van der Waals surface area contributed by atoms with Crippen LogP contribution < -0.4 is 10.2 Å². The first-order valence-corrected chi connectivity index (χ1v) is 8.38. The second-order valence-electron chi connectivity index (χ2n) is 5.04. The zero-order chi connectivity index (χ0) is 14.4. The highest BCUT2D eigenvalue weighted by atomic mass is 127. The predicted molar refractivity (Wildman–Crippen MR) is 90.3 cm³/mol. The van der Waals surface area contributed by atoms with Gasteiger partial charge in [0.05, 0.1) is 15.9 Å². The van der Waals surface area contributed by atoms with Crippen LogP contribution in [0, 0.1) is 3.57 Å². The van der Waals surface area contributed by atoms with E-state index in [4.69, 9.17) is 14.7 Å². The topological polar surface area (TPSA) is 50.3 Å². The van der Waals surface area contributed by atoms with Gasteiger partial charge in [-0.05, 0) is 48.3 Å². The molecule has 1 aromatic rings. The molecule has 0 spiro atoms. The summed E-state index contributed by atoms with van der Waals surface area (Å²) in [6.07, 6.45) is 4.85. The van der Waals surface area contributed by atoms with Crippen molar-refractivity contribution in [2.24, 2.45) is 0 Å². The molecule has 5 nitrogen and oxygen atoms in total. The molecule has 0 atom stereocenters. The minimum Gasteiger partial charge on any atom is -0.378 e. The highest BCUT2D eigenvalue weighted by Gasteiger charge is 2.18. The standard InChI is InChI=1S/C14H23IN4O/c1-3-7-16-13-12(15)11(10-20-2)17-14(18-13)19-8-5-4-6-9-19/h3-10H2,1-2H3,(H,16,17,18). The third kappa shape index (κ3) is 3.94. The van der Waals surface area contributed by atoms with Gasteiger partial charge in [-0.15, -0.1) is 0 Å². The number of methoxy groups -OCH3 is 1. The zero-order valence-electron chi connectivity index (χ0n) is 12.3. The normalized spacial score (nSPS) is 15.4. The minimum atomic E-state index is 0.530. The third-order valence-electron chi connectivity index (χ3n) is 3.37. The van der Waals surface area contributed by atoms with Crippen molar-refractivity contribution in [3.63, 3.8) is 0 Å². The van der Waals surface area contributed by atoms with E-state index in [0.29, 0.717) is 6.61 Å². The van der Waals surface area contributed by atoms with Gasteiger partial charge >= 0.3 is 0 Å². The fourth-order valence-electron chi connectivity index (χ4n) is 2.31. The van der Waals surface area contributed by atoms with E-state index in [1.54, 1.807) is 7.11 Å². The zero-order valence-corrected chi connectivity index (χ0v) is 14.4. The van der Waals surface area contributed by atoms with Gasteiger partial charge in [0.15, 0.2) is 0 Å². The van der Waals surface area contributed by atoms with Crippen molar-refractivity contribution in [1.29, 1.82) is 0 Å². The molecule has 0 aromatic carbocycles. The first kappa shape index (κ1) is 15.8. The molecule has 1 fully saturated rings. The summed E-state index contributed by atoms with van der Waals surface area (Å²) in [5.41, 5.74) is 0.974. The van der Waals surface area contributed by atoms with Gasteiger partial charge in [-0.3, -0.25) is 0 Å². The maximum Gasteiger partial charge on any atom is 0.227 e. The van der Waals surface area contributed by atoms with Crippen molar-refractivity contribution >= 4 is 34.4 Å². The van der Waals surface area contributed by atoms with Gasteiger partial charge in [0, 0.05) is 26.7 Å². The van der Waals surface area contributed by atoms with Gasteiger partial charge in [0.1, 0.15) is 5.82 Å². The van der Waals surface area contributed by atoms with E-state index in [1.165, 1.54) is 19.3 Å². The molecule has 0 aliphatic carbocycles. The molecular weight excluding hydrogens is 367 g/mol. The summed E-state index contributed by atoms with van der Waals surface area (Å²) in [5.74, 6) is 1.78. The number of aromatic nitrogens is 2. The van der Waals surface area contributed by atoms with Crippen molar-refractivity contribution in [2.45, 2.75) is 39.2 Å². The van der Waals surface area contributed by atoms with Gasteiger partial charge in [-0.1, -0.05) is 6.92 Å². The van der Waals surface area contributed by atoms with E-state index in [2.05, 4.69) is 39.7 Å². The Balaban J connectivity index is 2.27. The third-order valence-corrected chi connectivity index (χ3v) is 4.50. The molecular formula is C14H23IN4O. The maximum absolute atomic E-state index is 5.27. The Morgan fingerprint density at radius 2 is 2.00 bits per heavy atom. The van der Waals surface area contributed by atoms with Crippen LogP contribution in [0.5, 0.6) is 0 Å². The first-order valence-electron chi connectivity index (χ1n) is 7.30. The molecule has 1 aliphatic heterocycles. The van der Waals surface area contributed by atoms with Crippen LogP contribution in [0.1, 0.15) is 38.3 Å². The Bertz CT molecular complexity index is 435. The molecule has 6 heteroatoms. The molecule has 2 rings (SSSR count). The van der Waals surface area contributed by atoms with Crippen LogP contribution in [-0.2, 0) is 11.3 Å². The molecule has 0 unspecified atom stereocenters.